The molecule has 0 aliphatic heterocycles. The monoisotopic (exact) mass is 434 g/mol. The van der Waals surface area contributed by atoms with Gasteiger partial charge in [0.25, 0.3) is 5.91 Å². The molecule has 0 aliphatic carbocycles. The average molecular weight is 435 g/mol. The van der Waals surface area contributed by atoms with Gasteiger partial charge in [-0.25, -0.2) is 9.78 Å². The number of anilines is 1. The molecule has 0 spiro atoms. The number of pyridine rings is 1. The van der Waals surface area contributed by atoms with Crippen molar-refractivity contribution < 1.29 is 9.53 Å². The minimum atomic E-state index is -0.248. The third-order valence-corrected chi connectivity index (χ3v) is 6.16. The molecule has 3 aromatic heterocycles. The van der Waals surface area contributed by atoms with Crippen LogP contribution in [0.25, 0.3) is 11.2 Å². The number of hydrogen-bond donors (Lipinski definition) is 1. The van der Waals surface area contributed by atoms with Crippen LogP contribution in [0.3, 0.4) is 0 Å². The van der Waals surface area contributed by atoms with Crippen molar-refractivity contribution in [1.82, 2.24) is 23.9 Å². The molecule has 9 nitrogen and oxygen atoms in total. The van der Waals surface area contributed by atoms with Crippen molar-refractivity contribution in [2.75, 3.05) is 5.32 Å². The highest BCUT2D eigenvalue weighted by atomic mass is 16.5. The second-order valence-corrected chi connectivity index (χ2v) is 7.98. The zero-order valence-corrected chi connectivity index (χ0v) is 19.3. The number of nitrogens with one attached hydrogen (secondary N) is 1. The number of hydrogen-bond acceptors (Lipinski definition) is 5. The summed E-state index contributed by atoms with van der Waals surface area (Å²) in [6.45, 7) is 7.87. The van der Waals surface area contributed by atoms with E-state index >= 15 is 0 Å². The lowest BCUT2D eigenvalue weighted by molar-refractivity contribution is 0.101. The van der Waals surface area contributed by atoms with E-state index in [1.54, 1.807) is 45.7 Å². The van der Waals surface area contributed by atoms with E-state index in [-0.39, 0.29) is 11.6 Å². The van der Waals surface area contributed by atoms with Crippen LogP contribution >= 0.6 is 0 Å². The van der Waals surface area contributed by atoms with Crippen LogP contribution < -0.4 is 15.7 Å². The summed E-state index contributed by atoms with van der Waals surface area (Å²) in [5.41, 5.74) is 5.86. The van der Waals surface area contributed by atoms with Gasteiger partial charge in [-0.05, 0) is 50.5 Å². The molecule has 0 fully saturated rings. The second kappa shape index (κ2) is 7.67. The molecule has 4 aromatic rings. The van der Waals surface area contributed by atoms with Gasteiger partial charge in [0.2, 0.25) is 0 Å². The number of rotatable bonds is 4. The summed E-state index contributed by atoms with van der Waals surface area (Å²) in [5.74, 6) is 0.910. The van der Waals surface area contributed by atoms with Crippen molar-refractivity contribution in [3.05, 3.63) is 63.0 Å². The van der Waals surface area contributed by atoms with Crippen LogP contribution in [0.4, 0.5) is 5.69 Å². The maximum Gasteiger partial charge on any atom is 0.329 e. The third kappa shape index (κ3) is 3.17. The van der Waals surface area contributed by atoms with Crippen molar-refractivity contribution >= 4 is 22.8 Å². The standard InChI is InChI=1S/C23H26N6O3/c1-12-13(2)18(26-22(30)16-8-11-25-29(16)7)15(4)20(14(12)3)32-17-9-10-24-21-19(17)27(5)23(31)28(21)6/h8-11H,1-7H3,(H,26,30). The quantitative estimate of drug-likeness (QED) is 0.532. The summed E-state index contributed by atoms with van der Waals surface area (Å²) in [6, 6.07) is 3.41. The molecule has 0 saturated carbocycles. The molecule has 1 amide bonds. The van der Waals surface area contributed by atoms with Crippen molar-refractivity contribution in [2.24, 2.45) is 21.1 Å². The van der Waals surface area contributed by atoms with Gasteiger partial charge in [0.05, 0.1) is 5.69 Å². The number of carbonyl (C=O) groups excluding carboxylic acids is 1. The lowest BCUT2D eigenvalue weighted by Gasteiger charge is -2.21. The van der Waals surface area contributed by atoms with E-state index in [0.29, 0.717) is 34.0 Å². The third-order valence-electron chi connectivity index (χ3n) is 6.16. The Hall–Kier alpha value is -3.88. The Morgan fingerprint density at radius 1 is 0.938 bits per heavy atom. The van der Waals surface area contributed by atoms with Crippen LogP contribution in [0.15, 0.2) is 29.3 Å². The fourth-order valence-corrected chi connectivity index (χ4v) is 4.02. The summed E-state index contributed by atoms with van der Waals surface area (Å²) < 4.78 is 10.9. The Balaban J connectivity index is 1.84. The molecule has 0 saturated heterocycles. The fraction of sp³-hybridized carbons (Fsp3) is 0.304. The number of imidazole rings is 1. The molecule has 0 atom stereocenters. The van der Waals surface area contributed by atoms with Crippen LogP contribution in [0, 0.1) is 27.7 Å². The second-order valence-electron chi connectivity index (χ2n) is 7.98. The fourth-order valence-electron chi connectivity index (χ4n) is 4.02. The largest absolute Gasteiger partial charge is 0.454 e. The zero-order chi connectivity index (χ0) is 23.3. The zero-order valence-electron chi connectivity index (χ0n) is 19.3. The number of nitrogens with zero attached hydrogens (tertiary/aromatic N) is 5. The number of amides is 1. The van der Waals surface area contributed by atoms with Crippen LogP contribution in [-0.2, 0) is 21.1 Å². The molecule has 4 rings (SSSR count). The molecule has 0 aliphatic rings. The first kappa shape index (κ1) is 21.4. The minimum absolute atomic E-state index is 0.179. The lowest BCUT2D eigenvalue weighted by Crippen LogP contribution is -2.19. The van der Waals surface area contributed by atoms with Gasteiger partial charge in [-0.2, -0.15) is 5.10 Å². The Morgan fingerprint density at radius 2 is 1.66 bits per heavy atom. The van der Waals surface area contributed by atoms with Gasteiger partial charge < -0.3 is 10.1 Å². The van der Waals surface area contributed by atoms with E-state index in [4.69, 9.17) is 4.74 Å². The number of benzene rings is 1. The predicted molar refractivity (Wildman–Crippen MR) is 123 cm³/mol. The van der Waals surface area contributed by atoms with E-state index in [9.17, 15) is 9.59 Å². The van der Waals surface area contributed by atoms with Crippen LogP contribution in [0.5, 0.6) is 11.5 Å². The molecule has 0 bridgehead atoms. The van der Waals surface area contributed by atoms with E-state index in [0.717, 1.165) is 22.3 Å². The van der Waals surface area contributed by atoms with Crippen molar-refractivity contribution in [3.8, 4) is 11.5 Å². The first-order valence-corrected chi connectivity index (χ1v) is 10.2. The lowest BCUT2D eigenvalue weighted by atomic mass is 9.96. The molecular formula is C23H26N6O3. The van der Waals surface area contributed by atoms with Crippen LogP contribution in [0.1, 0.15) is 32.7 Å². The van der Waals surface area contributed by atoms with Gasteiger partial charge in [0.15, 0.2) is 11.4 Å². The average Bonchev–Trinajstić information content (AvgIpc) is 3.30. The molecule has 0 radical (unpaired) electrons. The van der Waals surface area contributed by atoms with E-state index in [1.807, 2.05) is 27.7 Å². The molecule has 3 heterocycles. The first-order chi connectivity index (χ1) is 15.1. The molecule has 0 unspecified atom stereocenters. The normalized spacial score (nSPS) is 11.2. The highest BCUT2D eigenvalue weighted by Gasteiger charge is 2.22. The van der Waals surface area contributed by atoms with Gasteiger partial charge in [0, 0.05) is 45.2 Å². The summed E-state index contributed by atoms with van der Waals surface area (Å²) in [5, 5.41) is 7.10. The van der Waals surface area contributed by atoms with Crippen LogP contribution in [-0.4, -0.2) is 29.8 Å². The van der Waals surface area contributed by atoms with Crippen molar-refractivity contribution in [1.29, 1.82) is 0 Å². The maximum absolute atomic E-state index is 12.9. The smallest absolute Gasteiger partial charge is 0.329 e. The highest BCUT2D eigenvalue weighted by molar-refractivity contribution is 6.04. The van der Waals surface area contributed by atoms with E-state index in [1.165, 1.54) is 13.8 Å². The number of carbonyl (C=O) groups is 1. The van der Waals surface area contributed by atoms with E-state index < -0.39 is 0 Å². The molecule has 166 valence electrons. The summed E-state index contributed by atoms with van der Waals surface area (Å²) in [6.07, 6.45) is 3.20. The molecule has 9 heteroatoms. The Kier molecular flexibility index (Phi) is 5.12. The SMILES string of the molecule is Cc1c(C)c(NC(=O)c2ccnn2C)c(C)c(Oc2ccnc3c2n(C)c(=O)n3C)c1C. The van der Waals surface area contributed by atoms with Gasteiger partial charge in [-0.3, -0.25) is 18.6 Å². The van der Waals surface area contributed by atoms with Crippen molar-refractivity contribution in [2.45, 2.75) is 27.7 Å². The summed E-state index contributed by atoms with van der Waals surface area (Å²) >= 11 is 0. The molecule has 1 N–H and O–H groups in total. The highest BCUT2D eigenvalue weighted by Crippen LogP contribution is 2.40. The molecular weight excluding hydrogens is 408 g/mol. The Morgan fingerprint density at radius 3 is 2.31 bits per heavy atom. The maximum atomic E-state index is 12.9. The van der Waals surface area contributed by atoms with Crippen molar-refractivity contribution in [3.63, 3.8) is 0 Å². The Bertz CT molecular complexity index is 1440. The van der Waals surface area contributed by atoms with Gasteiger partial charge >= 0.3 is 5.69 Å². The number of ether oxygens (including phenoxy) is 1. The number of fused-ring (bicyclic) bond motifs is 1. The summed E-state index contributed by atoms with van der Waals surface area (Å²) in [7, 11) is 5.10. The van der Waals surface area contributed by atoms with Gasteiger partial charge in [-0.1, -0.05) is 0 Å². The number of aryl methyl sites for hydroxylation is 3. The van der Waals surface area contributed by atoms with E-state index in [2.05, 4.69) is 15.4 Å². The topological polar surface area (TPSA) is 96.0 Å². The minimum Gasteiger partial charge on any atom is -0.454 e. The first-order valence-electron chi connectivity index (χ1n) is 10.2. The van der Waals surface area contributed by atoms with Crippen LogP contribution in [0.2, 0.25) is 0 Å². The predicted octanol–water partition coefficient (Wildman–Crippen LogP) is 3.28. The summed E-state index contributed by atoms with van der Waals surface area (Å²) in [4.78, 5) is 29.6. The van der Waals surface area contributed by atoms with Gasteiger partial charge in [0.1, 0.15) is 17.0 Å². The molecule has 32 heavy (non-hydrogen) atoms. The van der Waals surface area contributed by atoms with Gasteiger partial charge in [-0.15, -0.1) is 0 Å². The number of aromatic nitrogens is 5. The Labute approximate surface area is 185 Å². The molecule has 1 aromatic carbocycles.